The van der Waals surface area contributed by atoms with E-state index in [0.29, 0.717) is 5.84 Å². The number of amidine groups is 1. The van der Waals surface area contributed by atoms with Crippen molar-refractivity contribution in [2.24, 2.45) is 10.7 Å². The Kier molecular flexibility index (Phi) is 2.25. The van der Waals surface area contributed by atoms with Crippen LogP contribution < -0.4 is 10.4 Å². The smallest absolute Gasteiger partial charge is 0.318 e. The summed E-state index contributed by atoms with van der Waals surface area (Å²) >= 11 is 0. The van der Waals surface area contributed by atoms with Crippen LogP contribution in [0.15, 0.2) is 53.5 Å². The molecule has 2 N–H and O–H groups in total. The second-order valence-corrected chi connectivity index (χ2v) is 4.76. The van der Waals surface area contributed by atoms with Crippen LogP contribution in [0.25, 0.3) is 5.32 Å². The van der Waals surface area contributed by atoms with Crippen molar-refractivity contribution < 1.29 is 0 Å². The summed E-state index contributed by atoms with van der Waals surface area (Å²) in [6, 6.07) is 15.9. The number of fused-ring (bicyclic) bond motifs is 2. The molecule has 2 aromatic carbocycles. The molecule has 4 nitrogen and oxygen atoms in total. The Morgan fingerprint density at radius 2 is 1.75 bits per heavy atom. The standard InChI is InChI=1S/C16H12N4/c17-15-12-7-3-4-8-13(12)19-16(20-15)14-11-6-2-1-5-10(11)9-18-14/h1-9,16H,(H2,17,20). The summed E-state index contributed by atoms with van der Waals surface area (Å²) in [5.74, 6) is 0.521. The average molecular weight is 260 g/mol. The largest absolute Gasteiger partial charge is 0.653 e. The number of hydrogen-bond donors (Lipinski definition) is 1. The van der Waals surface area contributed by atoms with Crippen molar-refractivity contribution in [2.45, 2.75) is 6.17 Å². The highest BCUT2D eigenvalue weighted by Crippen LogP contribution is 2.32. The Bertz CT molecular complexity index is 798. The van der Waals surface area contributed by atoms with Crippen molar-refractivity contribution in [2.75, 3.05) is 0 Å². The van der Waals surface area contributed by atoms with E-state index in [1.807, 2.05) is 54.7 Å². The molecule has 0 bridgehead atoms. The number of nitrogens with two attached hydrogens (primary N) is 1. The normalized spacial score (nSPS) is 18.7. The van der Waals surface area contributed by atoms with Gasteiger partial charge in [-0.3, -0.25) is 4.99 Å². The van der Waals surface area contributed by atoms with Crippen LogP contribution in [-0.4, -0.2) is 23.9 Å². The highest BCUT2D eigenvalue weighted by atomic mass is 15.1. The first-order valence-electron chi connectivity index (χ1n) is 6.47. The molecule has 20 heavy (non-hydrogen) atoms. The van der Waals surface area contributed by atoms with E-state index in [-0.39, 0.29) is 6.17 Å². The third-order valence-electron chi connectivity index (χ3n) is 3.53. The predicted octanol–water partition coefficient (Wildman–Crippen LogP) is 1.73. The van der Waals surface area contributed by atoms with Gasteiger partial charge in [0.05, 0.1) is 17.3 Å². The van der Waals surface area contributed by atoms with Gasteiger partial charge >= 0.3 is 11.9 Å². The van der Waals surface area contributed by atoms with Gasteiger partial charge in [-0.15, -0.1) is 5.69 Å². The number of nitrogens with zero attached hydrogens (tertiary/aromatic N) is 3. The first-order valence-corrected chi connectivity index (χ1v) is 6.47. The van der Waals surface area contributed by atoms with Crippen molar-refractivity contribution >= 4 is 23.4 Å². The lowest BCUT2D eigenvalue weighted by Crippen LogP contribution is -2.28. The monoisotopic (exact) mass is 260 g/mol. The van der Waals surface area contributed by atoms with E-state index in [1.165, 1.54) is 0 Å². The zero-order valence-corrected chi connectivity index (χ0v) is 10.7. The lowest BCUT2D eigenvalue weighted by Gasteiger charge is -2.33. The van der Waals surface area contributed by atoms with Crippen LogP contribution in [0, 0.1) is 0 Å². The zero-order valence-electron chi connectivity index (χ0n) is 10.7. The van der Waals surface area contributed by atoms with Crippen LogP contribution in [0.3, 0.4) is 0 Å². The molecule has 0 fully saturated rings. The highest BCUT2D eigenvalue weighted by Gasteiger charge is 2.28. The molecule has 4 heteroatoms. The van der Waals surface area contributed by atoms with Gasteiger partial charge in [-0.05, 0) is 12.1 Å². The molecule has 2 aliphatic rings. The fourth-order valence-electron chi connectivity index (χ4n) is 2.54. The third kappa shape index (κ3) is 1.56. The average Bonchev–Trinajstić information content (AvgIpc) is 2.91. The maximum absolute atomic E-state index is 6.05. The molecule has 0 radical (unpaired) electrons. The van der Waals surface area contributed by atoms with Crippen LogP contribution in [0.4, 0.5) is 5.69 Å². The minimum absolute atomic E-state index is 0.357. The molecule has 2 heterocycles. The van der Waals surface area contributed by atoms with Gasteiger partial charge in [0.2, 0.25) is 0 Å². The molecular weight excluding hydrogens is 248 g/mol. The fraction of sp³-hybridized carbons (Fsp3) is 0.0625. The summed E-state index contributed by atoms with van der Waals surface area (Å²) in [4.78, 5) is 4.48. The van der Waals surface area contributed by atoms with Gasteiger partial charge < -0.3 is 11.1 Å². The second kappa shape index (κ2) is 4.08. The molecule has 0 aliphatic carbocycles. The van der Waals surface area contributed by atoms with Crippen molar-refractivity contribution in [3.8, 4) is 0 Å². The molecule has 1 atom stereocenters. The molecular formula is C16H12N4. The highest BCUT2D eigenvalue weighted by molar-refractivity contribution is 6.18. The van der Waals surface area contributed by atoms with Gasteiger partial charge in [-0.1, -0.05) is 41.1 Å². The SMILES string of the molecule is NC1=NC(C2=[N+]=Cc3ccccc32)[N-]c2ccccc21. The van der Waals surface area contributed by atoms with Gasteiger partial charge in [-0.2, -0.15) is 0 Å². The van der Waals surface area contributed by atoms with Gasteiger partial charge in [0, 0.05) is 5.56 Å². The third-order valence-corrected chi connectivity index (χ3v) is 3.53. The minimum Gasteiger partial charge on any atom is -0.653 e. The molecule has 0 aromatic heterocycles. The summed E-state index contributed by atoms with van der Waals surface area (Å²) in [5.41, 5.74) is 10.9. The molecule has 4 rings (SSSR count). The van der Waals surface area contributed by atoms with Crippen LogP contribution in [0.2, 0.25) is 0 Å². The molecule has 1 unspecified atom stereocenters. The summed E-state index contributed by atoms with van der Waals surface area (Å²) in [5, 5.41) is 4.66. The number of aliphatic imine (C=N–C) groups is 1. The van der Waals surface area contributed by atoms with Crippen LogP contribution in [-0.2, 0) is 0 Å². The predicted molar refractivity (Wildman–Crippen MR) is 81.8 cm³/mol. The Balaban J connectivity index is 1.77. The van der Waals surface area contributed by atoms with Crippen LogP contribution >= 0.6 is 0 Å². The summed E-state index contributed by atoms with van der Waals surface area (Å²) in [6.45, 7) is 0. The Morgan fingerprint density at radius 3 is 2.65 bits per heavy atom. The lowest BCUT2D eigenvalue weighted by atomic mass is 10.0. The fourth-order valence-corrected chi connectivity index (χ4v) is 2.54. The van der Waals surface area contributed by atoms with E-state index in [2.05, 4.69) is 15.0 Å². The number of benzene rings is 2. The Labute approximate surface area is 116 Å². The maximum Gasteiger partial charge on any atom is 0.318 e. The summed E-state index contributed by atoms with van der Waals surface area (Å²) in [7, 11) is 0. The second-order valence-electron chi connectivity index (χ2n) is 4.76. The van der Waals surface area contributed by atoms with Crippen LogP contribution in [0.5, 0.6) is 0 Å². The summed E-state index contributed by atoms with van der Waals surface area (Å²) in [6.07, 6.45) is 1.50. The van der Waals surface area contributed by atoms with Crippen molar-refractivity contribution in [1.82, 2.24) is 4.67 Å². The lowest BCUT2D eigenvalue weighted by molar-refractivity contribution is 1.02. The summed E-state index contributed by atoms with van der Waals surface area (Å²) < 4.78 is 4.47. The Morgan fingerprint density at radius 1 is 1.00 bits per heavy atom. The van der Waals surface area contributed by atoms with Gasteiger partial charge in [0.15, 0.2) is 0 Å². The van der Waals surface area contributed by atoms with E-state index >= 15 is 0 Å². The van der Waals surface area contributed by atoms with E-state index < -0.39 is 0 Å². The van der Waals surface area contributed by atoms with E-state index in [9.17, 15) is 0 Å². The molecule has 2 aliphatic heterocycles. The first-order chi connectivity index (χ1) is 9.83. The molecule has 96 valence electrons. The molecule has 0 saturated carbocycles. The van der Waals surface area contributed by atoms with Crippen LogP contribution in [0.1, 0.15) is 16.7 Å². The van der Waals surface area contributed by atoms with Gasteiger partial charge in [0.25, 0.3) is 0 Å². The van der Waals surface area contributed by atoms with Crippen molar-refractivity contribution in [3.05, 3.63) is 70.5 Å². The topological polar surface area (TPSA) is 66.6 Å². The maximum atomic E-state index is 6.05. The molecule has 0 spiro atoms. The zero-order chi connectivity index (χ0) is 13.5. The van der Waals surface area contributed by atoms with Crippen molar-refractivity contribution in [1.29, 1.82) is 0 Å². The quantitative estimate of drug-likeness (QED) is 0.779. The molecule has 0 amide bonds. The molecule has 2 aromatic rings. The van der Waals surface area contributed by atoms with E-state index in [1.54, 1.807) is 0 Å². The molecule has 0 saturated heterocycles. The van der Waals surface area contributed by atoms with E-state index in [4.69, 9.17) is 5.73 Å². The van der Waals surface area contributed by atoms with E-state index in [0.717, 1.165) is 28.1 Å². The number of hydrogen-bond acceptors (Lipinski definition) is 2. The van der Waals surface area contributed by atoms with Gasteiger partial charge in [0.1, 0.15) is 5.84 Å². The first kappa shape index (κ1) is 11.0. The Hall–Kier alpha value is -2.84. The number of rotatable bonds is 1. The minimum atomic E-state index is -0.357. The van der Waals surface area contributed by atoms with Crippen molar-refractivity contribution in [3.63, 3.8) is 0 Å². The number of para-hydroxylation sites is 1. The van der Waals surface area contributed by atoms with Gasteiger partial charge in [-0.25, -0.2) is 0 Å².